The molecule has 0 radical (unpaired) electrons. The summed E-state index contributed by atoms with van der Waals surface area (Å²) < 4.78 is 0. The number of carbonyl (C=O) groups is 2. The SMILES string of the molecule is CC1CCCC2(C1)C(=O)NC(=O)N2Cc1ccncc1. The van der Waals surface area contributed by atoms with E-state index in [9.17, 15) is 9.59 Å². The molecule has 106 valence electrons. The van der Waals surface area contributed by atoms with Crippen LogP contribution in [-0.4, -0.2) is 27.4 Å². The van der Waals surface area contributed by atoms with Gasteiger partial charge in [0.2, 0.25) is 0 Å². The molecule has 2 atom stereocenters. The van der Waals surface area contributed by atoms with Gasteiger partial charge in [0.25, 0.3) is 5.91 Å². The zero-order chi connectivity index (χ0) is 14.2. The second-order valence-electron chi connectivity index (χ2n) is 5.93. The van der Waals surface area contributed by atoms with Gasteiger partial charge in [0.15, 0.2) is 0 Å². The number of hydrogen-bond donors (Lipinski definition) is 1. The Hall–Kier alpha value is -1.91. The number of pyridine rings is 1. The Morgan fingerprint density at radius 3 is 2.85 bits per heavy atom. The van der Waals surface area contributed by atoms with Crippen LogP contribution < -0.4 is 5.32 Å². The maximum Gasteiger partial charge on any atom is 0.325 e. The topological polar surface area (TPSA) is 62.3 Å². The molecule has 1 aromatic rings. The molecule has 2 fully saturated rings. The van der Waals surface area contributed by atoms with Gasteiger partial charge >= 0.3 is 6.03 Å². The molecule has 1 spiro atoms. The number of aromatic nitrogens is 1. The van der Waals surface area contributed by atoms with Gasteiger partial charge in [-0.1, -0.05) is 19.8 Å². The molecule has 1 saturated carbocycles. The van der Waals surface area contributed by atoms with Crippen LogP contribution in [0.15, 0.2) is 24.5 Å². The minimum Gasteiger partial charge on any atom is -0.305 e. The van der Waals surface area contributed by atoms with Crippen LogP contribution in [-0.2, 0) is 11.3 Å². The first kappa shape index (κ1) is 13.1. The molecule has 2 heterocycles. The third-order valence-electron chi connectivity index (χ3n) is 4.47. The van der Waals surface area contributed by atoms with Crippen molar-refractivity contribution in [2.24, 2.45) is 5.92 Å². The Morgan fingerprint density at radius 1 is 1.40 bits per heavy atom. The number of rotatable bonds is 2. The lowest BCUT2D eigenvalue weighted by Gasteiger charge is -2.40. The van der Waals surface area contributed by atoms with Gasteiger partial charge in [0, 0.05) is 18.9 Å². The summed E-state index contributed by atoms with van der Waals surface area (Å²) in [6.45, 7) is 2.62. The molecule has 5 heteroatoms. The van der Waals surface area contributed by atoms with E-state index in [1.165, 1.54) is 0 Å². The molecule has 5 nitrogen and oxygen atoms in total. The number of urea groups is 1. The fourth-order valence-corrected chi connectivity index (χ4v) is 3.47. The van der Waals surface area contributed by atoms with Gasteiger partial charge in [-0.3, -0.25) is 15.1 Å². The van der Waals surface area contributed by atoms with Crippen LogP contribution in [0.25, 0.3) is 0 Å². The monoisotopic (exact) mass is 273 g/mol. The minimum atomic E-state index is -0.641. The molecule has 3 rings (SSSR count). The van der Waals surface area contributed by atoms with Crippen molar-refractivity contribution in [3.63, 3.8) is 0 Å². The molecule has 1 aliphatic carbocycles. The fraction of sp³-hybridized carbons (Fsp3) is 0.533. The predicted octanol–water partition coefficient (Wildman–Crippen LogP) is 2.08. The van der Waals surface area contributed by atoms with Gasteiger partial charge in [-0.05, 0) is 36.5 Å². The molecule has 3 amide bonds. The van der Waals surface area contributed by atoms with Gasteiger partial charge in [-0.25, -0.2) is 4.79 Å². The molecule has 20 heavy (non-hydrogen) atoms. The normalized spacial score (nSPS) is 29.9. The maximum atomic E-state index is 12.3. The van der Waals surface area contributed by atoms with Crippen molar-refractivity contribution < 1.29 is 9.59 Å². The van der Waals surface area contributed by atoms with E-state index in [0.29, 0.717) is 12.5 Å². The van der Waals surface area contributed by atoms with Gasteiger partial charge < -0.3 is 4.90 Å². The summed E-state index contributed by atoms with van der Waals surface area (Å²) in [5.74, 6) is 0.350. The third kappa shape index (κ3) is 2.07. The second kappa shape index (κ2) is 4.89. The van der Waals surface area contributed by atoms with Crippen molar-refractivity contribution >= 4 is 11.9 Å². The van der Waals surface area contributed by atoms with E-state index < -0.39 is 5.54 Å². The largest absolute Gasteiger partial charge is 0.325 e. The Labute approximate surface area is 118 Å². The van der Waals surface area contributed by atoms with E-state index in [-0.39, 0.29) is 11.9 Å². The van der Waals surface area contributed by atoms with Crippen LogP contribution in [0.3, 0.4) is 0 Å². The number of carbonyl (C=O) groups excluding carboxylic acids is 2. The number of nitrogens with one attached hydrogen (secondary N) is 1. The molecule has 1 saturated heterocycles. The lowest BCUT2D eigenvalue weighted by atomic mass is 9.75. The van der Waals surface area contributed by atoms with Gasteiger partial charge in [0.1, 0.15) is 5.54 Å². The van der Waals surface area contributed by atoms with Crippen LogP contribution in [0.5, 0.6) is 0 Å². The summed E-state index contributed by atoms with van der Waals surface area (Å²) >= 11 is 0. The first-order valence-electron chi connectivity index (χ1n) is 7.14. The number of hydrogen-bond acceptors (Lipinski definition) is 3. The maximum absolute atomic E-state index is 12.3. The smallest absolute Gasteiger partial charge is 0.305 e. The average Bonchev–Trinajstić information content (AvgIpc) is 2.64. The zero-order valence-electron chi connectivity index (χ0n) is 11.6. The van der Waals surface area contributed by atoms with Crippen molar-refractivity contribution in [1.82, 2.24) is 15.2 Å². The lowest BCUT2D eigenvalue weighted by Crippen LogP contribution is -2.52. The van der Waals surface area contributed by atoms with Crippen LogP contribution in [0, 0.1) is 5.92 Å². The van der Waals surface area contributed by atoms with E-state index in [1.807, 2.05) is 12.1 Å². The van der Waals surface area contributed by atoms with Gasteiger partial charge in [-0.15, -0.1) is 0 Å². The number of nitrogens with zero attached hydrogens (tertiary/aromatic N) is 2. The summed E-state index contributed by atoms with van der Waals surface area (Å²) in [6, 6.07) is 3.51. The van der Waals surface area contributed by atoms with E-state index >= 15 is 0 Å². The summed E-state index contributed by atoms with van der Waals surface area (Å²) in [7, 11) is 0. The summed E-state index contributed by atoms with van der Waals surface area (Å²) in [5, 5.41) is 2.50. The summed E-state index contributed by atoms with van der Waals surface area (Å²) in [4.78, 5) is 30.2. The average molecular weight is 273 g/mol. The molecule has 1 N–H and O–H groups in total. The van der Waals surface area contributed by atoms with Crippen molar-refractivity contribution in [2.45, 2.75) is 44.7 Å². The highest BCUT2D eigenvalue weighted by Crippen LogP contribution is 2.40. The summed E-state index contributed by atoms with van der Waals surface area (Å²) in [6.07, 6.45) is 7.07. The van der Waals surface area contributed by atoms with Crippen molar-refractivity contribution in [1.29, 1.82) is 0 Å². The Bertz CT molecular complexity index is 531. The predicted molar refractivity (Wildman–Crippen MR) is 73.7 cm³/mol. The Morgan fingerprint density at radius 2 is 2.15 bits per heavy atom. The standard InChI is InChI=1S/C15H19N3O2/c1-11-3-2-6-15(9-11)13(19)17-14(20)18(15)10-12-4-7-16-8-5-12/h4-5,7-8,11H,2-3,6,9-10H2,1H3,(H,17,19,20). The highest BCUT2D eigenvalue weighted by atomic mass is 16.2. The highest BCUT2D eigenvalue weighted by molar-refractivity contribution is 6.07. The van der Waals surface area contributed by atoms with E-state index in [1.54, 1.807) is 17.3 Å². The molecule has 2 unspecified atom stereocenters. The van der Waals surface area contributed by atoms with E-state index in [0.717, 1.165) is 31.2 Å². The van der Waals surface area contributed by atoms with Crippen LogP contribution in [0.1, 0.15) is 38.2 Å². The van der Waals surface area contributed by atoms with E-state index in [2.05, 4.69) is 17.2 Å². The molecule has 1 aromatic heterocycles. The first-order chi connectivity index (χ1) is 9.62. The van der Waals surface area contributed by atoms with Gasteiger partial charge in [0.05, 0.1) is 0 Å². The quantitative estimate of drug-likeness (QED) is 0.839. The van der Waals surface area contributed by atoms with Crippen LogP contribution >= 0.6 is 0 Å². The molecule has 0 aromatic carbocycles. The Kier molecular flexibility index (Phi) is 3.20. The van der Waals surface area contributed by atoms with Crippen molar-refractivity contribution in [2.75, 3.05) is 0 Å². The first-order valence-corrected chi connectivity index (χ1v) is 7.14. The lowest BCUT2D eigenvalue weighted by molar-refractivity contribution is -0.129. The number of amides is 3. The number of imide groups is 1. The fourth-order valence-electron chi connectivity index (χ4n) is 3.47. The highest BCUT2D eigenvalue weighted by Gasteiger charge is 2.53. The van der Waals surface area contributed by atoms with Crippen LogP contribution in [0.2, 0.25) is 0 Å². The third-order valence-corrected chi connectivity index (χ3v) is 4.47. The molecular weight excluding hydrogens is 254 g/mol. The van der Waals surface area contributed by atoms with Crippen LogP contribution in [0.4, 0.5) is 4.79 Å². The molecule has 0 bridgehead atoms. The van der Waals surface area contributed by atoms with E-state index in [4.69, 9.17) is 0 Å². The molecule has 1 aliphatic heterocycles. The minimum absolute atomic E-state index is 0.122. The van der Waals surface area contributed by atoms with Crippen molar-refractivity contribution in [3.8, 4) is 0 Å². The van der Waals surface area contributed by atoms with Crippen molar-refractivity contribution in [3.05, 3.63) is 30.1 Å². The molecular formula is C15H19N3O2. The Balaban J connectivity index is 1.90. The molecule has 2 aliphatic rings. The summed E-state index contributed by atoms with van der Waals surface area (Å²) in [5.41, 5.74) is 0.361. The zero-order valence-corrected chi connectivity index (χ0v) is 11.6. The van der Waals surface area contributed by atoms with Gasteiger partial charge in [-0.2, -0.15) is 0 Å². The second-order valence-corrected chi connectivity index (χ2v) is 5.93.